The van der Waals surface area contributed by atoms with E-state index in [1.165, 1.54) is 22.6 Å². The number of phenolic OH excluding ortho intramolecular Hbond substituents is 1. The monoisotopic (exact) mass is 848 g/mol. The third-order valence-corrected chi connectivity index (χ3v) is 14.0. The average Bonchev–Trinajstić information content (AvgIpc) is 3.63. The van der Waals surface area contributed by atoms with Gasteiger partial charge in [-0.1, -0.05) is 83.4 Å². The molecule has 1 saturated carbocycles. The Morgan fingerprint density at radius 1 is 0.867 bits per heavy atom. The molecule has 4 aromatic carbocycles. The third-order valence-electron chi connectivity index (χ3n) is 13.4. The zero-order valence-corrected chi connectivity index (χ0v) is 34.9. The molecule has 60 heavy (non-hydrogen) atoms. The van der Waals surface area contributed by atoms with Crippen LogP contribution in [0.5, 0.6) is 17.2 Å². The van der Waals surface area contributed by atoms with E-state index in [0.29, 0.717) is 46.8 Å². The Labute approximate surface area is 358 Å². The maximum Gasteiger partial charge on any atom is 0.260 e. The number of nitrogens with zero attached hydrogens (tertiary/aromatic N) is 3. The minimum absolute atomic E-state index is 0.0720. The molecule has 3 saturated heterocycles. The molecule has 0 bridgehead atoms. The number of carbonyl (C=O) groups is 4. The molecule has 0 aromatic heterocycles. The maximum absolute atomic E-state index is 15.6. The lowest BCUT2D eigenvalue weighted by Crippen LogP contribution is -2.53. The molecule has 4 fully saturated rings. The fourth-order valence-electron chi connectivity index (χ4n) is 10.8. The van der Waals surface area contributed by atoms with Crippen molar-refractivity contribution in [1.29, 1.82) is 0 Å². The normalized spacial score (nSPS) is 26.7. The van der Waals surface area contributed by atoms with Crippen molar-refractivity contribution in [3.05, 3.63) is 129 Å². The van der Waals surface area contributed by atoms with Crippen LogP contribution in [0.3, 0.4) is 0 Å². The third kappa shape index (κ3) is 6.53. The summed E-state index contributed by atoms with van der Waals surface area (Å²) in [5.74, 6) is -4.28. The minimum atomic E-state index is -1.54. The van der Waals surface area contributed by atoms with Crippen molar-refractivity contribution in [1.82, 2.24) is 14.8 Å². The van der Waals surface area contributed by atoms with Crippen molar-refractivity contribution < 1.29 is 33.8 Å². The molecule has 2 N–H and O–H groups in total. The minimum Gasteiger partial charge on any atom is -0.504 e. The standard InChI is InChI=1S/C47H46Cl2N4O7/c1-3-60-40-23-28(9-18-39(40)54)42-33-15-16-34-41(45(57)52(43(34)55)31-19-21-51(22-20-31)26-27-7-5-4-6-8-27)35(33)25-36-44(56)53(50-38-17-12-30(48)24-37(38)49)46(58)47(36,42)29-10-13-32(59-2)14-11-29/h4-15,17-18,23-24,31,34-36,41-42,50,54H,3,16,19-22,25-26H2,1-2H3/t34-,35+,36-,41-,42-,47+/m0/s1. The Morgan fingerprint density at radius 2 is 1.62 bits per heavy atom. The molecule has 2 aliphatic carbocycles. The van der Waals surface area contributed by atoms with Gasteiger partial charge in [0.1, 0.15) is 5.75 Å². The number of allylic oxidation sites excluding steroid dienone is 2. The smallest absolute Gasteiger partial charge is 0.260 e. The number of methoxy groups -OCH3 is 1. The lowest BCUT2D eigenvalue weighted by molar-refractivity contribution is -0.144. The summed E-state index contributed by atoms with van der Waals surface area (Å²) < 4.78 is 11.4. The van der Waals surface area contributed by atoms with Gasteiger partial charge < -0.3 is 14.6 Å². The number of halogens is 2. The van der Waals surface area contributed by atoms with Crippen LogP contribution in [0.2, 0.25) is 10.0 Å². The first kappa shape index (κ1) is 40.1. The molecule has 0 radical (unpaired) electrons. The lowest BCUT2D eigenvalue weighted by Gasteiger charge is -2.50. The zero-order valence-electron chi connectivity index (χ0n) is 33.4. The van der Waals surface area contributed by atoms with Crippen LogP contribution in [0, 0.1) is 23.7 Å². The van der Waals surface area contributed by atoms with Gasteiger partial charge in [-0.25, -0.2) is 0 Å². The molecular formula is C47H46Cl2N4O7. The molecule has 13 heteroatoms. The molecular weight excluding hydrogens is 803 g/mol. The number of anilines is 1. The number of hydrazine groups is 1. The second-order valence-corrected chi connectivity index (χ2v) is 17.3. The van der Waals surface area contributed by atoms with Crippen molar-refractivity contribution in [2.75, 3.05) is 32.2 Å². The van der Waals surface area contributed by atoms with E-state index in [4.69, 9.17) is 32.7 Å². The number of fused-ring (bicyclic) bond motifs is 4. The van der Waals surface area contributed by atoms with Gasteiger partial charge in [0.2, 0.25) is 11.8 Å². The van der Waals surface area contributed by atoms with E-state index in [1.807, 2.05) is 43.3 Å². The van der Waals surface area contributed by atoms with Gasteiger partial charge in [0.05, 0.1) is 47.6 Å². The lowest BCUT2D eigenvalue weighted by atomic mass is 9.49. The van der Waals surface area contributed by atoms with E-state index in [1.54, 1.807) is 43.5 Å². The van der Waals surface area contributed by atoms with Gasteiger partial charge >= 0.3 is 0 Å². The highest BCUT2D eigenvalue weighted by molar-refractivity contribution is 6.36. The Kier molecular flexibility index (Phi) is 10.6. The van der Waals surface area contributed by atoms with E-state index >= 15 is 9.59 Å². The number of hydrogen-bond donors (Lipinski definition) is 2. The molecule has 3 aliphatic heterocycles. The van der Waals surface area contributed by atoms with Crippen molar-refractivity contribution in [2.24, 2.45) is 23.7 Å². The Hall–Kier alpha value is -5.36. The number of nitrogens with one attached hydrogen (secondary N) is 1. The van der Waals surface area contributed by atoms with E-state index < -0.39 is 46.8 Å². The SMILES string of the molecule is CCOc1cc([C@H]2C3=CC[C@@H]4C(=O)N(C5CCN(Cc6ccccc6)CC5)C(=O)[C@@H]4[C@@H]3C[C@H]3C(=O)N(Nc4ccc(Cl)cc4Cl)C(=O)[C@@]23c2ccc(OC)cc2)ccc1O. The van der Waals surface area contributed by atoms with Gasteiger partial charge in [0.25, 0.3) is 11.8 Å². The number of piperidine rings is 1. The van der Waals surface area contributed by atoms with Crippen LogP contribution in [0.1, 0.15) is 55.2 Å². The molecule has 6 atom stereocenters. The van der Waals surface area contributed by atoms with Crippen molar-refractivity contribution in [3.63, 3.8) is 0 Å². The Balaban J connectivity index is 1.13. The molecule has 4 aromatic rings. The first-order chi connectivity index (χ1) is 29.0. The summed E-state index contributed by atoms with van der Waals surface area (Å²) in [5.41, 5.74) is 5.04. The summed E-state index contributed by atoms with van der Waals surface area (Å²) in [6, 6.07) is 27.0. The van der Waals surface area contributed by atoms with Crippen LogP contribution in [0.25, 0.3) is 0 Å². The van der Waals surface area contributed by atoms with Crippen LogP contribution >= 0.6 is 23.2 Å². The number of carbonyl (C=O) groups excluding carboxylic acids is 4. The number of phenols is 1. The van der Waals surface area contributed by atoms with Crippen LogP contribution in [-0.2, 0) is 31.1 Å². The molecule has 3 heterocycles. The number of aromatic hydroxyl groups is 1. The quantitative estimate of drug-likeness (QED) is 0.122. The second kappa shape index (κ2) is 15.9. The first-order valence-electron chi connectivity index (χ1n) is 20.6. The Morgan fingerprint density at radius 3 is 2.32 bits per heavy atom. The number of hydrogen-bond acceptors (Lipinski definition) is 9. The maximum atomic E-state index is 15.6. The highest BCUT2D eigenvalue weighted by atomic mass is 35.5. The summed E-state index contributed by atoms with van der Waals surface area (Å²) in [6.45, 7) is 4.41. The predicted octanol–water partition coefficient (Wildman–Crippen LogP) is 7.76. The van der Waals surface area contributed by atoms with Gasteiger partial charge in [-0.3, -0.25) is 34.4 Å². The van der Waals surface area contributed by atoms with Crippen LogP contribution < -0.4 is 14.9 Å². The fourth-order valence-corrected chi connectivity index (χ4v) is 11.2. The summed E-state index contributed by atoms with van der Waals surface area (Å²) >= 11 is 12.8. The summed E-state index contributed by atoms with van der Waals surface area (Å²) in [7, 11) is 1.56. The molecule has 11 nitrogen and oxygen atoms in total. The largest absolute Gasteiger partial charge is 0.504 e. The Bertz CT molecular complexity index is 2380. The molecule has 310 valence electrons. The van der Waals surface area contributed by atoms with Crippen LogP contribution in [-0.4, -0.2) is 76.4 Å². The first-order valence-corrected chi connectivity index (χ1v) is 21.3. The number of benzene rings is 4. The van der Waals surface area contributed by atoms with Gasteiger partial charge in [-0.15, -0.1) is 0 Å². The average molecular weight is 850 g/mol. The number of ether oxygens (including phenoxy) is 2. The van der Waals surface area contributed by atoms with Crippen molar-refractivity contribution in [2.45, 2.75) is 56.5 Å². The van der Waals surface area contributed by atoms with Crippen LogP contribution in [0.15, 0.2) is 103 Å². The van der Waals surface area contributed by atoms with E-state index in [0.717, 1.165) is 30.2 Å². The zero-order chi connectivity index (χ0) is 41.9. The summed E-state index contributed by atoms with van der Waals surface area (Å²) in [6.07, 6.45) is 3.84. The van der Waals surface area contributed by atoms with E-state index in [-0.39, 0.29) is 47.4 Å². The van der Waals surface area contributed by atoms with Crippen molar-refractivity contribution >= 4 is 52.5 Å². The number of rotatable bonds is 10. The number of imide groups is 2. The molecule has 5 aliphatic rings. The molecule has 9 rings (SSSR count). The van der Waals surface area contributed by atoms with E-state index in [2.05, 4.69) is 22.5 Å². The van der Waals surface area contributed by atoms with Gasteiger partial charge in [-0.05, 0) is 97.7 Å². The highest BCUT2D eigenvalue weighted by Crippen LogP contribution is 2.64. The van der Waals surface area contributed by atoms with Crippen molar-refractivity contribution in [3.8, 4) is 17.2 Å². The topological polar surface area (TPSA) is 129 Å². The number of likely N-dealkylation sites (tertiary alicyclic amines) is 2. The van der Waals surface area contributed by atoms with Gasteiger partial charge in [0.15, 0.2) is 11.5 Å². The highest BCUT2D eigenvalue weighted by Gasteiger charge is 2.70. The molecule has 0 unspecified atom stereocenters. The fraction of sp³-hybridized carbons (Fsp3) is 0.362. The number of amides is 4. The van der Waals surface area contributed by atoms with Crippen LogP contribution in [0.4, 0.5) is 5.69 Å². The molecule has 4 amide bonds. The molecule has 0 spiro atoms. The summed E-state index contributed by atoms with van der Waals surface area (Å²) in [4.78, 5) is 64.0. The summed E-state index contributed by atoms with van der Waals surface area (Å²) in [5, 5.41) is 12.5. The second-order valence-electron chi connectivity index (χ2n) is 16.4. The predicted molar refractivity (Wildman–Crippen MR) is 226 cm³/mol. The van der Waals surface area contributed by atoms with Gasteiger partial charge in [-0.2, -0.15) is 5.01 Å². The van der Waals surface area contributed by atoms with E-state index in [9.17, 15) is 14.7 Å². The van der Waals surface area contributed by atoms with Gasteiger partial charge in [0, 0.05) is 36.6 Å².